The number of aryl methyl sites for hydroxylation is 1. The summed E-state index contributed by atoms with van der Waals surface area (Å²) in [7, 11) is -4.35. The smallest absolute Gasteiger partial charge is 0.364 e. The molecule has 3 fully saturated rings. The number of carbonyl (C=O) groups is 4. The van der Waals surface area contributed by atoms with Crippen LogP contribution >= 0.6 is 0 Å². The van der Waals surface area contributed by atoms with Crippen LogP contribution in [0.5, 0.6) is 0 Å². The number of carboxylic acids is 1. The average molecular weight is 1030 g/mol. The van der Waals surface area contributed by atoms with E-state index in [1.54, 1.807) is 0 Å². The van der Waals surface area contributed by atoms with Crippen LogP contribution in [0, 0.1) is 12.7 Å². The summed E-state index contributed by atoms with van der Waals surface area (Å²) in [5, 5.41) is 110. The zero-order valence-corrected chi connectivity index (χ0v) is 38.8. The lowest BCUT2D eigenvalue weighted by Crippen LogP contribution is -2.71. The number of rotatable bonds is 21. The van der Waals surface area contributed by atoms with Crippen molar-refractivity contribution in [2.75, 3.05) is 37.6 Å². The van der Waals surface area contributed by atoms with Crippen LogP contribution in [0.2, 0.25) is 0 Å². The number of hydrogen-bond acceptors (Lipinski definition) is 21. The van der Waals surface area contributed by atoms with Crippen molar-refractivity contribution in [1.82, 2.24) is 16.0 Å². The van der Waals surface area contributed by atoms with Gasteiger partial charge in [-0.25, -0.2) is 17.6 Å². The number of ether oxygens (including phenoxy) is 6. The van der Waals surface area contributed by atoms with Gasteiger partial charge >= 0.3 is 5.97 Å². The third-order valence-corrected chi connectivity index (χ3v) is 13.0. The maximum Gasteiger partial charge on any atom is 0.364 e. The third-order valence-electron chi connectivity index (χ3n) is 11.5. The van der Waals surface area contributed by atoms with Crippen molar-refractivity contribution in [2.45, 2.75) is 130 Å². The van der Waals surface area contributed by atoms with E-state index < -0.39 is 163 Å². The fourth-order valence-electron chi connectivity index (χ4n) is 8.02. The number of azide groups is 1. The topological polar surface area (TPSA) is 437 Å². The third kappa shape index (κ3) is 13.6. The zero-order valence-electron chi connectivity index (χ0n) is 38.0. The van der Waals surface area contributed by atoms with Crippen LogP contribution in [-0.2, 0) is 52.8 Å². The number of amides is 3. The van der Waals surface area contributed by atoms with Crippen molar-refractivity contribution in [3.8, 4) is 0 Å². The molecule has 13 N–H and O–H groups in total. The Morgan fingerprint density at radius 3 is 2.15 bits per heavy atom. The van der Waals surface area contributed by atoms with Crippen LogP contribution in [0.25, 0.3) is 10.4 Å². The quantitative estimate of drug-likeness (QED) is 0.0245. The Morgan fingerprint density at radius 1 is 0.915 bits per heavy atom. The lowest BCUT2D eigenvalue weighted by Gasteiger charge is -2.51. The molecule has 3 aliphatic rings. The van der Waals surface area contributed by atoms with Crippen LogP contribution in [0.3, 0.4) is 0 Å². The summed E-state index contributed by atoms with van der Waals surface area (Å²) >= 11 is 0. The van der Waals surface area contributed by atoms with Crippen molar-refractivity contribution < 1.29 is 106 Å². The molecular weight excluding hydrogens is 978 g/mol. The van der Waals surface area contributed by atoms with Crippen LogP contribution in [0.1, 0.15) is 36.2 Å². The number of carboxylic acid groups (broad SMARTS) is 1. The summed E-state index contributed by atoms with van der Waals surface area (Å²) in [4.78, 5) is 53.2. The van der Waals surface area contributed by atoms with Gasteiger partial charge in [0.2, 0.25) is 11.8 Å². The Hall–Kier alpha value is -5.25. The fraction of sp³-hybridized carbons (Fsp3) is 0.610. The van der Waals surface area contributed by atoms with Gasteiger partial charge < -0.3 is 90.3 Å². The van der Waals surface area contributed by atoms with Crippen LogP contribution in [-0.4, -0.2) is 209 Å². The molecule has 3 saturated heterocycles. The lowest BCUT2D eigenvalue weighted by molar-refractivity contribution is -0.382. The number of aliphatic hydroxyl groups excluding tert-OH is 8. The van der Waals surface area contributed by atoms with Gasteiger partial charge in [-0.05, 0) is 54.4 Å². The fourth-order valence-corrected chi connectivity index (χ4v) is 9.35. The van der Waals surface area contributed by atoms with E-state index in [1.807, 2.05) is 0 Å². The molecular formula is C41H56FN7O21S. The minimum Gasteiger partial charge on any atom is -0.477 e. The summed E-state index contributed by atoms with van der Waals surface area (Å²) in [5.74, 6) is -8.43. The first-order chi connectivity index (χ1) is 33.5. The van der Waals surface area contributed by atoms with Crippen LogP contribution in [0.15, 0.2) is 52.5 Å². The second kappa shape index (κ2) is 24.4. The van der Waals surface area contributed by atoms with E-state index in [4.69, 9.17) is 34.0 Å². The van der Waals surface area contributed by atoms with E-state index in [0.717, 1.165) is 32.0 Å². The molecule has 0 aromatic heterocycles. The Morgan fingerprint density at radius 2 is 1.55 bits per heavy atom. The highest BCUT2D eigenvalue weighted by molar-refractivity contribution is 7.92. The Balaban J connectivity index is 1.36. The molecule has 0 aliphatic carbocycles. The minimum absolute atomic E-state index is 0.0141. The van der Waals surface area contributed by atoms with Gasteiger partial charge in [0, 0.05) is 49.5 Å². The van der Waals surface area contributed by atoms with Crippen LogP contribution < -0.4 is 20.7 Å². The SMILES string of the molecule is CC(=O)N[C@H]1[C@H](OCCN=[N+]=[N-])O[C@H](CO)[C@@H](O[C@@H]2O[C@H](CO)[C@H](O)[C@H](O[C@]3(C(=O)O)C[C@H](O)[C@@H](NC(C)=O)[C@H]([C@H](O)[C@H](O)CNC(=O)c4ccc(C)c(S(=O)(=O)Nc5ccc(F)cc5)c4)O3)[C@H]2O)[C@@H]1O. The summed E-state index contributed by atoms with van der Waals surface area (Å²) < 4.78 is 76.3. The number of nitrogens with one attached hydrogen (secondary N) is 4. The number of sulfonamides is 1. The second-order valence-corrected chi connectivity index (χ2v) is 18.3. The van der Waals surface area contributed by atoms with Crippen molar-refractivity contribution >= 4 is 39.4 Å². The van der Waals surface area contributed by atoms with E-state index in [0.29, 0.717) is 0 Å². The molecule has 5 rings (SSSR count). The average Bonchev–Trinajstić information content (AvgIpc) is 3.31. The standard InChI is InChI=1S/C41H56FN7O21S/c1-17-4-5-20(12-27(17)71(63,64)48-22-8-6-21(42)7-9-22)37(60)44-14-24(55)30(56)35-28(46-18(2)52)23(54)13-41(69-35,40(61)62)70-36-31(57)25(15-50)66-39(33(36)59)68-34-26(16-51)67-38(65-11-10-45-49-43)29(32(34)58)47-19(3)53/h4-9,12,23-26,28-36,38-39,48,50-51,54-59H,10-11,13-16H2,1-3H3,(H,44,60)(H,46,52)(H,47,53)(H,61,62)/t23-,24+,25+,26+,28+,29+,30+,31-,32+,33+,34+,35+,36-,38+,39-,41-/m0/s1. The van der Waals surface area contributed by atoms with Crippen molar-refractivity contribution in [1.29, 1.82) is 0 Å². The zero-order chi connectivity index (χ0) is 52.5. The van der Waals surface area contributed by atoms with E-state index in [9.17, 15) is 77.9 Å². The van der Waals surface area contributed by atoms with Gasteiger partial charge in [0.05, 0.1) is 43.0 Å². The molecule has 28 nitrogen and oxygen atoms in total. The molecule has 16 atom stereocenters. The Bertz CT molecular complexity index is 2350. The summed E-state index contributed by atoms with van der Waals surface area (Å²) in [6.45, 7) is 0.221. The molecule has 0 bridgehead atoms. The monoisotopic (exact) mass is 1030 g/mol. The summed E-state index contributed by atoms with van der Waals surface area (Å²) in [6.07, 6.45) is -26.9. The van der Waals surface area contributed by atoms with Gasteiger partial charge in [0.15, 0.2) is 12.6 Å². The molecule has 3 amide bonds. The first-order valence-electron chi connectivity index (χ1n) is 21.7. The van der Waals surface area contributed by atoms with E-state index in [1.165, 1.54) is 31.2 Å². The summed E-state index contributed by atoms with van der Waals surface area (Å²) in [6, 6.07) is 4.77. The number of carbonyl (C=O) groups excluding carboxylic acids is 3. The highest BCUT2D eigenvalue weighted by Crippen LogP contribution is 2.38. The van der Waals surface area contributed by atoms with E-state index in [2.05, 4.69) is 30.7 Å². The number of aliphatic hydroxyl groups is 8. The summed E-state index contributed by atoms with van der Waals surface area (Å²) in [5.41, 5.74) is 8.54. The number of hydrogen-bond donors (Lipinski definition) is 13. The predicted molar refractivity (Wildman–Crippen MR) is 233 cm³/mol. The molecule has 0 unspecified atom stereocenters. The van der Waals surface area contributed by atoms with E-state index in [-0.39, 0.29) is 34.9 Å². The highest BCUT2D eigenvalue weighted by Gasteiger charge is 2.60. The minimum atomic E-state index is -4.35. The number of benzene rings is 2. The van der Waals surface area contributed by atoms with Gasteiger partial charge in [0.25, 0.3) is 21.7 Å². The first-order valence-corrected chi connectivity index (χ1v) is 23.1. The molecule has 394 valence electrons. The predicted octanol–water partition coefficient (Wildman–Crippen LogP) is -4.06. The van der Waals surface area contributed by atoms with Gasteiger partial charge in [-0.1, -0.05) is 11.2 Å². The largest absolute Gasteiger partial charge is 0.477 e. The molecule has 3 aliphatic heterocycles. The molecule has 2 aromatic rings. The van der Waals surface area contributed by atoms with Crippen molar-refractivity contribution in [3.05, 3.63) is 69.9 Å². The van der Waals surface area contributed by atoms with Crippen LogP contribution in [0.4, 0.5) is 10.1 Å². The Labute approximate surface area is 403 Å². The molecule has 2 aromatic carbocycles. The molecule has 0 saturated carbocycles. The van der Waals surface area contributed by atoms with Gasteiger partial charge in [-0.2, -0.15) is 0 Å². The number of nitrogens with zero attached hydrogens (tertiary/aromatic N) is 3. The lowest BCUT2D eigenvalue weighted by atomic mass is 9.88. The molecule has 0 spiro atoms. The Kier molecular flexibility index (Phi) is 19.5. The van der Waals surface area contributed by atoms with Crippen molar-refractivity contribution in [2.24, 2.45) is 5.11 Å². The molecule has 71 heavy (non-hydrogen) atoms. The highest BCUT2D eigenvalue weighted by atomic mass is 32.2. The number of halogens is 1. The van der Waals surface area contributed by atoms with Gasteiger partial charge in [-0.15, -0.1) is 0 Å². The molecule has 0 radical (unpaired) electrons. The number of anilines is 1. The molecule has 3 heterocycles. The van der Waals surface area contributed by atoms with Gasteiger partial charge in [-0.3, -0.25) is 19.1 Å². The normalized spacial score (nSPS) is 31.8. The second-order valence-electron chi connectivity index (χ2n) is 16.7. The van der Waals surface area contributed by atoms with E-state index >= 15 is 0 Å². The van der Waals surface area contributed by atoms with Gasteiger partial charge in [0.1, 0.15) is 66.8 Å². The first kappa shape index (κ1) is 56.7. The maximum atomic E-state index is 13.4. The van der Waals surface area contributed by atoms with Crippen molar-refractivity contribution in [3.63, 3.8) is 0 Å². The number of aliphatic carboxylic acids is 1. The maximum absolute atomic E-state index is 13.4. The molecule has 30 heteroatoms.